The summed E-state index contributed by atoms with van der Waals surface area (Å²) in [4.78, 5) is 26.2. The number of rotatable bonds is 4. The number of piperazine rings is 1. The van der Waals surface area contributed by atoms with Crippen molar-refractivity contribution < 1.29 is 14.1 Å². The van der Waals surface area contributed by atoms with Crippen LogP contribution in [0.15, 0.2) is 18.2 Å². The van der Waals surface area contributed by atoms with Crippen LogP contribution >= 0.6 is 11.6 Å². The number of alkyl halides is 1. The van der Waals surface area contributed by atoms with E-state index >= 15 is 0 Å². The van der Waals surface area contributed by atoms with Crippen molar-refractivity contribution in [1.29, 1.82) is 0 Å². The molecule has 0 N–H and O–H groups in total. The average Bonchev–Trinajstić information content (AvgIpc) is 2.47. The molecular formula is C13H15ClFN3O3. The van der Waals surface area contributed by atoms with E-state index in [1.807, 2.05) is 0 Å². The van der Waals surface area contributed by atoms with Crippen LogP contribution in [-0.2, 0) is 0 Å². The van der Waals surface area contributed by atoms with Crippen molar-refractivity contribution >= 4 is 23.2 Å². The van der Waals surface area contributed by atoms with Gasteiger partial charge in [-0.05, 0) is 12.1 Å². The number of carbonyl (C=O) groups excluding carboxylic acids is 1. The highest BCUT2D eigenvalue weighted by atomic mass is 35.5. The summed E-state index contributed by atoms with van der Waals surface area (Å²) >= 11 is 5.66. The van der Waals surface area contributed by atoms with Crippen LogP contribution in [-0.4, -0.2) is 59.2 Å². The predicted octanol–water partition coefficient (Wildman–Crippen LogP) is 1.73. The highest BCUT2D eigenvalue weighted by molar-refractivity contribution is 6.18. The van der Waals surface area contributed by atoms with E-state index in [1.165, 1.54) is 4.90 Å². The first-order valence-corrected chi connectivity index (χ1v) is 7.08. The minimum Gasteiger partial charge on any atom is -0.336 e. The maximum Gasteiger partial charge on any atom is 0.282 e. The predicted molar refractivity (Wildman–Crippen MR) is 76.1 cm³/mol. The maximum absolute atomic E-state index is 13.3. The molecule has 1 aliphatic heterocycles. The van der Waals surface area contributed by atoms with Crippen molar-refractivity contribution in [2.24, 2.45) is 0 Å². The molecule has 1 saturated heterocycles. The Morgan fingerprint density at radius 1 is 1.33 bits per heavy atom. The summed E-state index contributed by atoms with van der Waals surface area (Å²) in [5.41, 5.74) is -0.574. The van der Waals surface area contributed by atoms with E-state index in [1.54, 1.807) is 0 Å². The SMILES string of the molecule is O=C(c1cc(F)ccc1[N+](=O)[O-])N1CCN(CCCl)CC1. The molecule has 8 heteroatoms. The summed E-state index contributed by atoms with van der Waals surface area (Å²) in [7, 11) is 0. The third-order valence-corrected chi connectivity index (χ3v) is 3.61. The number of nitro groups is 1. The van der Waals surface area contributed by atoms with Crippen molar-refractivity contribution in [3.63, 3.8) is 0 Å². The summed E-state index contributed by atoms with van der Waals surface area (Å²) < 4.78 is 13.3. The molecular weight excluding hydrogens is 301 g/mol. The number of nitro benzene ring substituents is 1. The summed E-state index contributed by atoms with van der Waals surface area (Å²) in [6.07, 6.45) is 0. The van der Waals surface area contributed by atoms with Crippen molar-refractivity contribution in [3.05, 3.63) is 39.7 Å². The van der Waals surface area contributed by atoms with E-state index in [0.717, 1.165) is 24.7 Å². The largest absolute Gasteiger partial charge is 0.336 e. The fourth-order valence-corrected chi connectivity index (χ4v) is 2.54. The number of halogens is 2. The Morgan fingerprint density at radius 3 is 2.57 bits per heavy atom. The van der Waals surface area contributed by atoms with Gasteiger partial charge in [0.05, 0.1) is 4.92 Å². The molecule has 1 amide bonds. The fraction of sp³-hybridized carbons (Fsp3) is 0.462. The lowest BCUT2D eigenvalue weighted by atomic mass is 10.1. The number of hydrogen-bond donors (Lipinski definition) is 0. The van der Waals surface area contributed by atoms with Gasteiger partial charge in [-0.1, -0.05) is 0 Å². The lowest BCUT2D eigenvalue weighted by Crippen LogP contribution is -2.49. The molecule has 1 aliphatic rings. The summed E-state index contributed by atoms with van der Waals surface area (Å²) in [6.45, 7) is 2.94. The van der Waals surface area contributed by atoms with Gasteiger partial charge in [-0.25, -0.2) is 4.39 Å². The molecule has 0 aliphatic carbocycles. The van der Waals surface area contributed by atoms with Crippen LogP contribution in [0.1, 0.15) is 10.4 Å². The number of nitrogens with zero attached hydrogens (tertiary/aromatic N) is 3. The van der Waals surface area contributed by atoms with Crippen LogP contribution in [0.25, 0.3) is 0 Å². The van der Waals surface area contributed by atoms with Crippen molar-refractivity contribution in [2.75, 3.05) is 38.6 Å². The van der Waals surface area contributed by atoms with Crippen LogP contribution in [0.2, 0.25) is 0 Å². The van der Waals surface area contributed by atoms with Crippen LogP contribution in [0, 0.1) is 15.9 Å². The zero-order chi connectivity index (χ0) is 15.4. The highest BCUT2D eigenvalue weighted by Gasteiger charge is 2.27. The topological polar surface area (TPSA) is 66.7 Å². The molecule has 0 bridgehead atoms. The molecule has 0 spiro atoms. The van der Waals surface area contributed by atoms with E-state index in [9.17, 15) is 19.3 Å². The molecule has 0 atom stereocenters. The average molecular weight is 316 g/mol. The number of amides is 1. The van der Waals surface area contributed by atoms with E-state index in [-0.39, 0.29) is 11.3 Å². The number of hydrogen-bond acceptors (Lipinski definition) is 4. The molecule has 1 heterocycles. The summed E-state index contributed by atoms with van der Waals surface area (Å²) in [5.74, 6) is -0.653. The highest BCUT2D eigenvalue weighted by Crippen LogP contribution is 2.22. The van der Waals surface area contributed by atoms with Gasteiger partial charge in [0, 0.05) is 44.7 Å². The van der Waals surface area contributed by atoms with Crippen LogP contribution in [0.5, 0.6) is 0 Å². The van der Waals surface area contributed by atoms with Gasteiger partial charge in [0.2, 0.25) is 0 Å². The minimum atomic E-state index is -0.670. The van der Waals surface area contributed by atoms with Gasteiger partial charge < -0.3 is 4.90 Å². The van der Waals surface area contributed by atoms with E-state index in [4.69, 9.17) is 11.6 Å². The smallest absolute Gasteiger partial charge is 0.282 e. The Labute approximate surface area is 126 Å². The normalized spacial score (nSPS) is 16.0. The van der Waals surface area contributed by atoms with Gasteiger partial charge in [0.1, 0.15) is 11.4 Å². The van der Waals surface area contributed by atoms with Gasteiger partial charge in [0.15, 0.2) is 0 Å². The van der Waals surface area contributed by atoms with Crippen molar-refractivity contribution in [1.82, 2.24) is 9.80 Å². The molecule has 6 nitrogen and oxygen atoms in total. The Hall–Kier alpha value is -1.73. The first kappa shape index (κ1) is 15.7. The second-order valence-corrected chi connectivity index (χ2v) is 5.12. The van der Waals surface area contributed by atoms with E-state index < -0.39 is 16.6 Å². The second kappa shape index (κ2) is 6.82. The van der Waals surface area contributed by atoms with Gasteiger partial charge in [0.25, 0.3) is 11.6 Å². The summed E-state index contributed by atoms with van der Waals surface area (Å²) in [6, 6.07) is 2.92. The first-order valence-electron chi connectivity index (χ1n) is 6.54. The van der Waals surface area contributed by atoms with Crippen molar-refractivity contribution in [2.45, 2.75) is 0 Å². The van der Waals surface area contributed by atoms with Crippen molar-refractivity contribution in [3.8, 4) is 0 Å². The maximum atomic E-state index is 13.3. The third-order valence-electron chi connectivity index (χ3n) is 3.45. The molecule has 0 aromatic heterocycles. The van der Waals surface area contributed by atoms with Gasteiger partial charge in [-0.15, -0.1) is 11.6 Å². The number of carbonyl (C=O) groups is 1. The quantitative estimate of drug-likeness (QED) is 0.482. The molecule has 2 rings (SSSR count). The van der Waals surface area contributed by atoms with Crippen LogP contribution in [0.3, 0.4) is 0 Å². The monoisotopic (exact) mass is 315 g/mol. The molecule has 0 radical (unpaired) electrons. The molecule has 0 saturated carbocycles. The van der Waals surface area contributed by atoms with Gasteiger partial charge >= 0.3 is 0 Å². The molecule has 1 aromatic rings. The lowest BCUT2D eigenvalue weighted by molar-refractivity contribution is -0.385. The fourth-order valence-electron chi connectivity index (χ4n) is 2.30. The Morgan fingerprint density at radius 2 is 2.00 bits per heavy atom. The van der Waals surface area contributed by atoms with Gasteiger partial charge in [-0.2, -0.15) is 0 Å². The number of benzene rings is 1. The third kappa shape index (κ3) is 3.68. The Bertz CT molecular complexity index is 547. The molecule has 114 valence electrons. The molecule has 21 heavy (non-hydrogen) atoms. The Kier molecular flexibility index (Phi) is 5.08. The first-order chi connectivity index (χ1) is 10.0. The Balaban J connectivity index is 2.14. The zero-order valence-corrected chi connectivity index (χ0v) is 12.1. The molecule has 0 unspecified atom stereocenters. The minimum absolute atomic E-state index is 0.203. The van der Waals surface area contributed by atoms with Crippen LogP contribution in [0.4, 0.5) is 10.1 Å². The second-order valence-electron chi connectivity index (χ2n) is 4.74. The molecule has 1 fully saturated rings. The van der Waals surface area contributed by atoms with E-state index in [2.05, 4.69) is 4.90 Å². The van der Waals surface area contributed by atoms with Crippen LogP contribution < -0.4 is 0 Å². The standard InChI is InChI=1S/C13H15ClFN3O3/c14-3-4-16-5-7-17(8-6-16)13(19)11-9-10(15)1-2-12(11)18(20)21/h1-2,9H,3-8H2. The summed E-state index contributed by atoms with van der Waals surface area (Å²) in [5, 5.41) is 10.9. The van der Waals surface area contributed by atoms with Gasteiger partial charge in [-0.3, -0.25) is 19.8 Å². The zero-order valence-electron chi connectivity index (χ0n) is 11.3. The van der Waals surface area contributed by atoms with E-state index in [0.29, 0.717) is 32.1 Å². The lowest BCUT2D eigenvalue weighted by Gasteiger charge is -2.34. The molecule has 1 aromatic carbocycles.